The van der Waals surface area contributed by atoms with Gasteiger partial charge in [0.05, 0.1) is 5.69 Å². The topological polar surface area (TPSA) is 32.3 Å². The molecule has 1 aromatic heterocycles. The van der Waals surface area contributed by atoms with Crippen molar-refractivity contribution < 1.29 is 0 Å². The molecule has 4 nitrogen and oxygen atoms in total. The van der Waals surface area contributed by atoms with Crippen molar-refractivity contribution in [2.45, 2.75) is 6.54 Å². The highest BCUT2D eigenvalue weighted by atomic mass is 15.2. The molecule has 2 atom stereocenters. The Morgan fingerprint density at radius 2 is 1.94 bits per heavy atom. The SMILES string of the molecule is CN1CC2CN(Cc3cnccn3)CC2C1. The van der Waals surface area contributed by atoms with Crippen LogP contribution in [0.15, 0.2) is 18.6 Å². The van der Waals surface area contributed by atoms with E-state index >= 15 is 0 Å². The highest BCUT2D eigenvalue weighted by Gasteiger charge is 2.38. The molecule has 0 amide bonds. The minimum absolute atomic E-state index is 0.877. The summed E-state index contributed by atoms with van der Waals surface area (Å²) in [4.78, 5) is 13.4. The van der Waals surface area contributed by atoms with Gasteiger partial charge in [-0.25, -0.2) is 0 Å². The molecule has 4 heteroatoms. The van der Waals surface area contributed by atoms with Gasteiger partial charge >= 0.3 is 0 Å². The van der Waals surface area contributed by atoms with Gasteiger partial charge in [0.25, 0.3) is 0 Å². The first-order chi connectivity index (χ1) is 7.81. The zero-order valence-corrected chi connectivity index (χ0v) is 9.71. The van der Waals surface area contributed by atoms with Crippen molar-refractivity contribution in [1.82, 2.24) is 19.8 Å². The zero-order valence-electron chi connectivity index (χ0n) is 9.71. The molecule has 2 aliphatic heterocycles. The summed E-state index contributed by atoms with van der Waals surface area (Å²) >= 11 is 0. The lowest BCUT2D eigenvalue weighted by atomic mass is 10.0. The van der Waals surface area contributed by atoms with Crippen LogP contribution in [0.2, 0.25) is 0 Å². The van der Waals surface area contributed by atoms with Crippen LogP contribution < -0.4 is 0 Å². The largest absolute Gasteiger partial charge is 0.306 e. The third kappa shape index (κ3) is 1.95. The van der Waals surface area contributed by atoms with Crippen LogP contribution in [0.3, 0.4) is 0 Å². The number of hydrogen-bond acceptors (Lipinski definition) is 4. The van der Waals surface area contributed by atoms with Gasteiger partial charge in [0.1, 0.15) is 0 Å². The third-order valence-electron chi connectivity index (χ3n) is 3.75. The minimum atomic E-state index is 0.877. The summed E-state index contributed by atoms with van der Waals surface area (Å²) in [5.74, 6) is 1.75. The van der Waals surface area contributed by atoms with Crippen LogP contribution in [0.1, 0.15) is 5.69 Å². The molecule has 2 saturated heterocycles. The Labute approximate surface area is 96.3 Å². The van der Waals surface area contributed by atoms with E-state index in [1.54, 1.807) is 12.4 Å². The Hall–Kier alpha value is -1.00. The molecule has 86 valence electrons. The number of hydrogen-bond donors (Lipinski definition) is 0. The van der Waals surface area contributed by atoms with E-state index in [0.717, 1.165) is 24.1 Å². The molecule has 16 heavy (non-hydrogen) atoms. The van der Waals surface area contributed by atoms with Gasteiger partial charge in [0.2, 0.25) is 0 Å². The van der Waals surface area contributed by atoms with Crippen molar-refractivity contribution >= 4 is 0 Å². The van der Waals surface area contributed by atoms with E-state index in [-0.39, 0.29) is 0 Å². The molecule has 0 aromatic carbocycles. The van der Waals surface area contributed by atoms with Crippen molar-refractivity contribution in [2.75, 3.05) is 33.2 Å². The van der Waals surface area contributed by atoms with Gasteiger partial charge in [-0.2, -0.15) is 0 Å². The van der Waals surface area contributed by atoms with Crippen LogP contribution in [-0.4, -0.2) is 53.0 Å². The molecule has 0 aliphatic carbocycles. The summed E-state index contributed by atoms with van der Waals surface area (Å²) in [6.45, 7) is 5.95. The molecule has 3 heterocycles. The summed E-state index contributed by atoms with van der Waals surface area (Å²) in [7, 11) is 2.23. The molecule has 2 unspecified atom stereocenters. The lowest BCUT2D eigenvalue weighted by Crippen LogP contribution is -2.26. The summed E-state index contributed by atoms with van der Waals surface area (Å²) < 4.78 is 0. The average Bonchev–Trinajstić information content (AvgIpc) is 2.76. The standard InChI is InChI=1S/C12H18N4/c1-15-5-10-7-16(8-11(10)6-15)9-12-4-13-2-3-14-12/h2-4,10-11H,5-9H2,1H3. The van der Waals surface area contributed by atoms with Crippen molar-refractivity contribution in [2.24, 2.45) is 11.8 Å². The molecule has 0 radical (unpaired) electrons. The monoisotopic (exact) mass is 218 g/mol. The van der Waals surface area contributed by atoms with Gasteiger partial charge in [0, 0.05) is 51.3 Å². The van der Waals surface area contributed by atoms with E-state index in [2.05, 4.69) is 26.8 Å². The van der Waals surface area contributed by atoms with Crippen molar-refractivity contribution in [3.8, 4) is 0 Å². The molecule has 2 aliphatic rings. The van der Waals surface area contributed by atoms with Crippen molar-refractivity contribution in [3.63, 3.8) is 0 Å². The number of aromatic nitrogens is 2. The molecule has 1 aromatic rings. The maximum absolute atomic E-state index is 4.34. The van der Waals surface area contributed by atoms with Crippen LogP contribution >= 0.6 is 0 Å². The fourth-order valence-electron chi connectivity index (χ4n) is 3.09. The third-order valence-corrected chi connectivity index (χ3v) is 3.75. The molecule has 0 saturated carbocycles. The first-order valence-electron chi connectivity index (χ1n) is 5.97. The molecule has 2 fully saturated rings. The molecular weight excluding hydrogens is 200 g/mol. The second kappa shape index (κ2) is 4.11. The smallest absolute Gasteiger partial charge is 0.0726 e. The number of nitrogens with zero attached hydrogens (tertiary/aromatic N) is 4. The molecule has 0 spiro atoms. The number of fused-ring (bicyclic) bond motifs is 1. The normalized spacial score (nSPS) is 30.8. The van der Waals surface area contributed by atoms with Crippen LogP contribution in [0, 0.1) is 11.8 Å². The second-order valence-electron chi connectivity index (χ2n) is 5.13. The lowest BCUT2D eigenvalue weighted by Gasteiger charge is -2.18. The predicted molar refractivity (Wildman–Crippen MR) is 61.8 cm³/mol. The average molecular weight is 218 g/mol. The van der Waals surface area contributed by atoms with E-state index in [1.165, 1.54) is 26.2 Å². The maximum atomic E-state index is 4.34. The Kier molecular flexibility index (Phi) is 2.61. The highest BCUT2D eigenvalue weighted by molar-refractivity contribution is 4.98. The van der Waals surface area contributed by atoms with Crippen LogP contribution in [0.5, 0.6) is 0 Å². The van der Waals surface area contributed by atoms with Gasteiger partial charge in [-0.15, -0.1) is 0 Å². The minimum Gasteiger partial charge on any atom is -0.306 e. The Bertz CT molecular complexity index is 339. The maximum Gasteiger partial charge on any atom is 0.0726 e. The number of rotatable bonds is 2. The highest BCUT2D eigenvalue weighted by Crippen LogP contribution is 2.30. The van der Waals surface area contributed by atoms with Gasteiger partial charge in [-0.1, -0.05) is 0 Å². The first-order valence-corrected chi connectivity index (χ1v) is 5.97. The van der Waals surface area contributed by atoms with E-state index in [0.29, 0.717) is 0 Å². The molecular formula is C12H18N4. The Morgan fingerprint density at radius 3 is 2.56 bits per heavy atom. The van der Waals surface area contributed by atoms with Crippen LogP contribution in [0.4, 0.5) is 0 Å². The van der Waals surface area contributed by atoms with Crippen LogP contribution in [0.25, 0.3) is 0 Å². The second-order valence-corrected chi connectivity index (χ2v) is 5.13. The summed E-state index contributed by atoms with van der Waals surface area (Å²) in [5.41, 5.74) is 1.09. The Balaban J connectivity index is 1.60. The fraction of sp³-hybridized carbons (Fsp3) is 0.667. The van der Waals surface area contributed by atoms with E-state index < -0.39 is 0 Å². The van der Waals surface area contributed by atoms with E-state index in [4.69, 9.17) is 0 Å². The molecule has 3 rings (SSSR count). The van der Waals surface area contributed by atoms with Gasteiger partial charge in [-0.05, 0) is 18.9 Å². The molecule has 0 N–H and O–H groups in total. The number of likely N-dealkylation sites (tertiary alicyclic amines) is 2. The lowest BCUT2D eigenvalue weighted by molar-refractivity contribution is 0.269. The van der Waals surface area contributed by atoms with Crippen molar-refractivity contribution in [1.29, 1.82) is 0 Å². The fourth-order valence-corrected chi connectivity index (χ4v) is 3.09. The summed E-state index contributed by atoms with van der Waals surface area (Å²) in [5, 5.41) is 0. The zero-order chi connectivity index (χ0) is 11.0. The van der Waals surface area contributed by atoms with Crippen molar-refractivity contribution in [3.05, 3.63) is 24.3 Å². The van der Waals surface area contributed by atoms with Gasteiger partial charge in [0.15, 0.2) is 0 Å². The predicted octanol–water partition coefficient (Wildman–Crippen LogP) is 0.470. The summed E-state index contributed by atoms with van der Waals surface area (Å²) in [6.07, 6.45) is 5.39. The Morgan fingerprint density at radius 1 is 1.19 bits per heavy atom. The quantitative estimate of drug-likeness (QED) is 0.722. The molecule has 0 bridgehead atoms. The van der Waals surface area contributed by atoms with E-state index in [1.807, 2.05) is 6.20 Å². The summed E-state index contributed by atoms with van der Waals surface area (Å²) in [6, 6.07) is 0. The van der Waals surface area contributed by atoms with Gasteiger partial charge in [-0.3, -0.25) is 14.9 Å². The van der Waals surface area contributed by atoms with Crippen LogP contribution in [-0.2, 0) is 6.54 Å². The first kappa shape index (κ1) is 10.2. The van der Waals surface area contributed by atoms with E-state index in [9.17, 15) is 0 Å². The van der Waals surface area contributed by atoms with Gasteiger partial charge < -0.3 is 4.90 Å².